The summed E-state index contributed by atoms with van der Waals surface area (Å²) in [5.74, 6) is 0.912. The molecule has 0 spiro atoms. The van der Waals surface area contributed by atoms with E-state index in [1.165, 1.54) is 43.7 Å². The van der Waals surface area contributed by atoms with Crippen molar-refractivity contribution in [1.82, 2.24) is 0 Å². The van der Waals surface area contributed by atoms with E-state index in [1.807, 2.05) is 0 Å². The van der Waals surface area contributed by atoms with E-state index in [0.717, 1.165) is 17.0 Å². The van der Waals surface area contributed by atoms with Crippen LogP contribution in [0.3, 0.4) is 0 Å². The second-order valence-electron chi connectivity index (χ2n) is 9.06. The maximum absolute atomic E-state index is 4.54. The van der Waals surface area contributed by atoms with Crippen LogP contribution in [0.1, 0.15) is 59.3 Å². The largest absolute Gasteiger partial charge is 0.104 e. The molecule has 0 aliphatic heterocycles. The summed E-state index contributed by atoms with van der Waals surface area (Å²) >= 11 is 0. The third-order valence-corrected chi connectivity index (χ3v) is 17.0. The first-order valence-corrected chi connectivity index (χ1v) is 15.5. The van der Waals surface area contributed by atoms with Crippen LogP contribution in [-0.4, -0.2) is 16.1 Å². The molecule has 0 amide bonds. The first kappa shape index (κ1) is 20.0. The Hall–Kier alpha value is -0.0862. The summed E-state index contributed by atoms with van der Waals surface area (Å²) in [4.78, 5) is 0. The number of hydrogen-bond donors (Lipinski definition) is 0. The molecule has 0 nitrogen and oxygen atoms in total. The van der Waals surface area contributed by atoms with Crippen molar-refractivity contribution < 1.29 is 0 Å². The molecule has 1 aliphatic rings. The third kappa shape index (κ3) is 4.47. The van der Waals surface area contributed by atoms with Crippen LogP contribution < -0.4 is 0 Å². The Bertz CT molecular complexity index is 398. The van der Waals surface area contributed by atoms with Crippen LogP contribution in [0.2, 0.25) is 37.3 Å². The Morgan fingerprint density at radius 2 is 1.55 bits per heavy atom. The molecule has 0 radical (unpaired) electrons. The molecule has 0 N–H and O–H groups in total. The highest BCUT2D eigenvalue weighted by Crippen LogP contribution is 2.44. The lowest BCUT2D eigenvalue weighted by molar-refractivity contribution is 0.354. The van der Waals surface area contributed by atoms with Crippen LogP contribution in [0.5, 0.6) is 0 Å². The predicted octanol–water partition coefficient (Wildman–Crippen LogP) is 7.36. The van der Waals surface area contributed by atoms with Gasteiger partial charge in [-0.1, -0.05) is 82.5 Å². The van der Waals surface area contributed by atoms with Gasteiger partial charge in [0.05, 0.1) is 16.1 Å². The molecule has 0 aromatic carbocycles. The summed E-state index contributed by atoms with van der Waals surface area (Å²) < 4.78 is 0. The van der Waals surface area contributed by atoms with Gasteiger partial charge in [0.15, 0.2) is 0 Å². The fourth-order valence-corrected chi connectivity index (χ4v) is 8.91. The summed E-state index contributed by atoms with van der Waals surface area (Å²) in [6.45, 7) is 26.0. The Morgan fingerprint density at radius 1 is 1.05 bits per heavy atom. The highest BCUT2D eigenvalue weighted by molar-refractivity contribution is 6.85. The van der Waals surface area contributed by atoms with Crippen molar-refractivity contribution in [3.05, 3.63) is 23.6 Å². The molecule has 1 unspecified atom stereocenters. The van der Waals surface area contributed by atoms with Crippen LogP contribution in [0.4, 0.5) is 0 Å². The Kier molecular flexibility index (Phi) is 6.95. The van der Waals surface area contributed by atoms with Crippen molar-refractivity contribution in [3.8, 4) is 0 Å². The van der Waals surface area contributed by atoms with E-state index in [0.29, 0.717) is 0 Å². The fraction of sp³-hybridized carbons (Fsp3) is 0.800. The van der Waals surface area contributed by atoms with Gasteiger partial charge in [0.25, 0.3) is 0 Å². The summed E-state index contributed by atoms with van der Waals surface area (Å²) in [6.07, 6.45) is 8.36. The zero-order chi connectivity index (χ0) is 17.1. The monoisotopic (exact) mass is 336 g/mol. The van der Waals surface area contributed by atoms with Gasteiger partial charge in [-0.2, -0.15) is 0 Å². The van der Waals surface area contributed by atoms with E-state index in [9.17, 15) is 0 Å². The van der Waals surface area contributed by atoms with E-state index < -0.39 is 16.1 Å². The third-order valence-electron chi connectivity index (χ3n) is 7.26. The lowest BCUT2D eigenvalue weighted by Crippen LogP contribution is -2.37. The molecule has 1 saturated carbocycles. The molecule has 1 rings (SSSR count). The molecular weight excluding hydrogens is 296 g/mol. The van der Waals surface area contributed by atoms with Gasteiger partial charge in [-0.25, -0.2) is 0 Å². The highest BCUT2D eigenvalue weighted by atomic mass is 28.3. The molecule has 0 aromatic heterocycles. The molecule has 1 atom stereocenters. The number of rotatable bonds is 7. The summed E-state index contributed by atoms with van der Waals surface area (Å²) in [6, 6.07) is 0. The molecule has 0 heterocycles. The summed E-state index contributed by atoms with van der Waals surface area (Å²) in [5.41, 5.74) is 1.83. The second kappa shape index (κ2) is 7.66. The minimum atomic E-state index is -1.27. The van der Waals surface area contributed by atoms with Crippen molar-refractivity contribution in [1.29, 1.82) is 0 Å². The van der Waals surface area contributed by atoms with Gasteiger partial charge in [0.2, 0.25) is 0 Å². The molecule has 128 valence electrons. The number of hydrogen-bond acceptors (Lipinski definition) is 0. The highest BCUT2D eigenvalue weighted by Gasteiger charge is 2.37. The zero-order valence-corrected chi connectivity index (χ0v) is 18.4. The smallest absolute Gasteiger partial charge is 0.0774 e. The van der Waals surface area contributed by atoms with Gasteiger partial charge in [-0.15, -0.1) is 13.2 Å². The number of allylic oxidation sites excluding steroid dienone is 2. The first-order chi connectivity index (χ1) is 10.0. The van der Waals surface area contributed by atoms with Crippen LogP contribution in [-0.2, 0) is 0 Å². The molecule has 1 fully saturated rings. The van der Waals surface area contributed by atoms with E-state index in [2.05, 4.69) is 60.1 Å². The average Bonchev–Trinajstić information content (AvgIpc) is 2.46. The quantitative estimate of drug-likeness (QED) is 0.426. The maximum Gasteiger partial charge on any atom is 0.0774 e. The SMILES string of the molecule is C=C(CC1CCC([Si](C)(C)C(=C)C)CC1)[Si](C)(C)C(C)CC. The van der Waals surface area contributed by atoms with Crippen LogP contribution in [0, 0.1) is 5.92 Å². The Morgan fingerprint density at radius 3 is 1.95 bits per heavy atom. The van der Waals surface area contributed by atoms with Crippen molar-refractivity contribution in [2.75, 3.05) is 0 Å². The minimum Gasteiger partial charge on any atom is -0.104 e. The molecule has 1 aliphatic carbocycles. The van der Waals surface area contributed by atoms with E-state index in [4.69, 9.17) is 0 Å². The first-order valence-electron chi connectivity index (χ1n) is 9.37. The van der Waals surface area contributed by atoms with Crippen molar-refractivity contribution in [3.63, 3.8) is 0 Å². The van der Waals surface area contributed by atoms with Crippen molar-refractivity contribution >= 4 is 16.1 Å². The van der Waals surface area contributed by atoms with Crippen molar-refractivity contribution in [2.45, 2.75) is 96.6 Å². The molecular formula is C20H40Si2. The molecule has 2 heteroatoms. The zero-order valence-electron chi connectivity index (χ0n) is 16.4. The van der Waals surface area contributed by atoms with Crippen LogP contribution in [0.15, 0.2) is 23.6 Å². The summed E-state index contributed by atoms with van der Waals surface area (Å²) in [5, 5.41) is 3.12. The van der Waals surface area contributed by atoms with Gasteiger partial charge in [0.1, 0.15) is 0 Å². The van der Waals surface area contributed by atoms with Gasteiger partial charge in [-0.05, 0) is 30.3 Å². The summed E-state index contributed by atoms with van der Waals surface area (Å²) in [7, 11) is -2.48. The second-order valence-corrected chi connectivity index (χ2v) is 19.3. The Labute approximate surface area is 142 Å². The maximum atomic E-state index is 4.54. The molecule has 22 heavy (non-hydrogen) atoms. The van der Waals surface area contributed by atoms with Gasteiger partial charge in [-0.3, -0.25) is 0 Å². The molecule has 0 saturated heterocycles. The normalized spacial score (nSPS) is 24.9. The van der Waals surface area contributed by atoms with Gasteiger partial charge < -0.3 is 0 Å². The lowest BCUT2D eigenvalue weighted by Gasteiger charge is -2.40. The lowest BCUT2D eigenvalue weighted by atomic mass is 9.86. The predicted molar refractivity (Wildman–Crippen MR) is 109 cm³/mol. The fourth-order valence-electron chi connectivity index (χ4n) is 3.91. The van der Waals surface area contributed by atoms with E-state index >= 15 is 0 Å². The molecule has 0 bridgehead atoms. The molecule has 0 aromatic rings. The average molecular weight is 337 g/mol. The van der Waals surface area contributed by atoms with Crippen LogP contribution >= 0.6 is 0 Å². The van der Waals surface area contributed by atoms with E-state index in [1.54, 1.807) is 5.20 Å². The van der Waals surface area contributed by atoms with Crippen molar-refractivity contribution in [2.24, 2.45) is 5.92 Å². The Balaban J connectivity index is 2.56. The minimum absolute atomic E-state index is 0.867. The topological polar surface area (TPSA) is 0 Å². The van der Waals surface area contributed by atoms with Gasteiger partial charge in [0, 0.05) is 0 Å². The van der Waals surface area contributed by atoms with Crippen LogP contribution in [0.25, 0.3) is 0 Å². The van der Waals surface area contributed by atoms with E-state index in [-0.39, 0.29) is 0 Å². The van der Waals surface area contributed by atoms with Gasteiger partial charge >= 0.3 is 0 Å². The standard InChI is InChI=1S/C20H40Si2/c1-10-17(4)22(8,9)18(5)15-19-11-13-20(14-12-19)21(6,7)16(2)3/h17,19-20H,2,5,10-15H2,1,3-4,6-9H3.